The molecule has 4 nitrogen and oxygen atoms in total. The van der Waals surface area contributed by atoms with Crippen molar-refractivity contribution in [3.05, 3.63) is 45.9 Å². The summed E-state index contributed by atoms with van der Waals surface area (Å²) in [4.78, 5) is 20.3. The van der Waals surface area contributed by atoms with Crippen LogP contribution < -0.4 is 5.32 Å². The van der Waals surface area contributed by atoms with Crippen LogP contribution in [-0.2, 0) is 5.75 Å². The molecule has 23 heavy (non-hydrogen) atoms. The largest absolute Gasteiger partial charge is 0.336 e. The Labute approximate surface area is 145 Å². The van der Waals surface area contributed by atoms with E-state index in [9.17, 15) is 4.79 Å². The lowest BCUT2D eigenvalue weighted by Crippen LogP contribution is -2.51. The summed E-state index contributed by atoms with van der Waals surface area (Å²) in [5.74, 6) is 0.933. The standard InChI is InChI=1S/C17H21N3OS2/c1-12-9-20(8-7-18-12)17(21)15-5-3-4-6-16(15)23-11-14-10-22-13(2)19-14/h3-6,10,12,18H,7-9,11H2,1-2H3. The van der Waals surface area contributed by atoms with Crippen LogP contribution in [0.2, 0.25) is 0 Å². The Morgan fingerprint density at radius 2 is 2.30 bits per heavy atom. The lowest BCUT2D eigenvalue weighted by Gasteiger charge is -2.32. The van der Waals surface area contributed by atoms with Crippen LogP contribution in [0.25, 0.3) is 0 Å². The summed E-state index contributed by atoms with van der Waals surface area (Å²) < 4.78 is 0. The second-order valence-corrected chi connectivity index (χ2v) is 7.83. The summed E-state index contributed by atoms with van der Waals surface area (Å²) in [5, 5.41) is 6.55. The van der Waals surface area contributed by atoms with Crippen LogP contribution in [0, 0.1) is 6.92 Å². The van der Waals surface area contributed by atoms with Crippen molar-refractivity contribution in [2.45, 2.75) is 30.5 Å². The first-order chi connectivity index (χ1) is 11.1. The van der Waals surface area contributed by atoms with E-state index in [1.165, 1.54) is 0 Å². The maximum Gasteiger partial charge on any atom is 0.255 e. The quantitative estimate of drug-likeness (QED) is 0.863. The number of carbonyl (C=O) groups is 1. The van der Waals surface area contributed by atoms with Gasteiger partial charge in [0.15, 0.2) is 0 Å². The van der Waals surface area contributed by atoms with Crippen molar-refractivity contribution in [1.29, 1.82) is 0 Å². The number of nitrogens with zero attached hydrogens (tertiary/aromatic N) is 2. The fourth-order valence-electron chi connectivity index (χ4n) is 2.68. The van der Waals surface area contributed by atoms with Crippen LogP contribution in [0.5, 0.6) is 0 Å². The Kier molecular flexibility index (Phi) is 5.35. The van der Waals surface area contributed by atoms with Crippen LogP contribution >= 0.6 is 23.1 Å². The highest BCUT2D eigenvalue weighted by molar-refractivity contribution is 7.98. The fraction of sp³-hybridized carbons (Fsp3) is 0.412. The molecule has 0 saturated carbocycles. The summed E-state index contributed by atoms with van der Waals surface area (Å²) in [7, 11) is 0. The molecule has 1 aliphatic heterocycles. The van der Waals surface area contributed by atoms with Gasteiger partial charge in [0.2, 0.25) is 0 Å². The van der Waals surface area contributed by atoms with E-state index in [1.807, 2.05) is 36.1 Å². The molecule has 1 fully saturated rings. The summed E-state index contributed by atoms with van der Waals surface area (Å²) in [6.45, 7) is 6.53. The molecule has 2 aromatic rings. The Bertz CT molecular complexity index is 686. The highest BCUT2D eigenvalue weighted by atomic mass is 32.2. The van der Waals surface area contributed by atoms with Gasteiger partial charge in [-0.15, -0.1) is 23.1 Å². The number of hydrogen-bond acceptors (Lipinski definition) is 5. The van der Waals surface area contributed by atoms with Gasteiger partial charge in [-0.05, 0) is 26.0 Å². The normalized spacial score (nSPS) is 18.2. The van der Waals surface area contributed by atoms with Gasteiger partial charge in [0.1, 0.15) is 0 Å². The summed E-state index contributed by atoms with van der Waals surface area (Å²) in [6.07, 6.45) is 0. The number of nitrogens with one attached hydrogen (secondary N) is 1. The van der Waals surface area contributed by atoms with E-state index in [0.717, 1.165) is 46.5 Å². The Hall–Kier alpha value is -1.37. The molecule has 1 atom stereocenters. The molecule has 122 valence electrons. The lowest BCUT2D eigenvalue weighted by molar-refractivity contribution is 0.0705. The number of aryl methyl sites for hydroxylation is 1. The molecule has 1 N–H and O–H groups in total. The van der Waals surface area contributed by atoms with Gasteiger partial charge in [-0.2, -0.15) is 0 Å². The van der Waals surface area contributed by atoms with E-state index in [2.05, 4.69) is 22.6 Å². The number of hydrogen-bond donors (Lipinski definition) is 1. The number of aromatic nitrogens is 1. The summed E-state index contributed by atoms with van der Waals surface area (Å²) >= 11 is 3.35. The molecule has 1 aromatic heterocycles. The molecule has 1 amide bonds. The van der Waals surface area contributed by atoms with Crippen molar-refractivity contribution in [2.24, 2.45) is 0 Å². The number of thioether (sulfide) groups is 1. The molecule has 6 heteroatoms. The fourth-order valence-corrected chi connectivity index (χ4v) is 4.34. The monoisotopic (exact) mass is 347 g/mol. The van der Waals surface area contributed by atoms with Crippen molar-refractivity contribution in [3.8, 4) is 0 Å². The number of thiazole rings is 1. The van der Waals surface area contributed by atoms with Crippen molar-refractivity contribution in [1.82, 2.24) is 15.2 Å². The molecule has 0 aliphatic carbocycles. The van der Waals surface area contributed by atoms with E-state index in [-0.39, 0.29) is 5.91 Å². The highest BCUT2D eigenvalue weighted by Crippen LogP contribution is 2.28. The van der Waals surface area contributed by atoms with Gasteiger partial charge in [-0.3, -0.25) is 4.79 Å². The zero-order valence-electron chi connectivity index (χ0n) is 13.4. The Morgan fingerprint density at radius 3 is 3.04 bits per heavy atom. The van der Waals surface area contributed by atoms with Crippen LogP contribution in [-0.4, -0.2) is 41.5 Å². The number of rotatable bonds is 4. The first-order valence-corrected chi connectivity index (χ1v) is 9.65. The van der Waals surface area contributed by atoms with E-state index < -0.39 is 0 Å². The maximum atomic E-state index is 12.9. The van der Waals surface area contributed by atoms with E-state index >= 15 is 0 Å². The van der Waals surface area contributed by atoms with Crippen molar-refractivity contribution < 1.29 is 4.79 Å². The van der Waals surface area contributed by atoms with Crippen molar-refractivity contribution in [2.75, 3.05) is 19.6 Å². The van der Waals surface area contributed by atoms with Crippen LogP contribution in [0.1, 0.15) is 28.0 Å². The highest BCUT2D eigenvalue weighted by Gasteiger charge is 2.23. The predicted octanol–water partition coefficient (Wildman–Crippen LogP) is 3.18. The minimum atomic E-state index is 0.135. The second-order valence-electron chi connectivity index (χ2n) is 5.75. The van der Waals surface area contributed by atoms with E-state index in [4.69, 9.17) is 0 Å². The van der Waals surface area contributed by atoms with Crippen molar-refractivity contribution >= 4 is 29.0 Å². The van der Waals surface area contributed by atoms with Crippen molar-refractivity contribution in [3.63, 3.8) is 0 Å². The maximum absolute atomic E-state index is 12.9. The predicted molar refractivity (Wildman–Crippen MR) is 96.2 cm³/mol. The average molecular weight is 348 g/mol. The smallest absolute Gasteiger partial charge is 0.255 e. The molecule has 1 saturated heterocycles. The third-order valence-electron chi connectivity index (χ3n) is 3.82. The zero-order chi connectivity index (χ0) is 16.2. The number of carbonyl (C=O) groups excluding carboxylic acids is 1. The SMILES string of the molecule is Cc1nc(CSc2ccccc2C(=O)N2CCNC(C)C2)cs1. The molecule has 0 bridgehead atoms. The summed E-state index contributed by atoms with van der Waals surface area (Å²) in [5.41, 5.74) is 1.88. The first kappa shape index (κ1) is 16.5. The number of piperazine rings is 1. The third kappa shape index (κ3) is 4.13. The van der Waals surface area contributed by atoms with Gasteiger partial charge < -0.3 is 10.2 Å². The molecule has 2 heterocycles. The van der Waals surface area contributed by atoms with Gasteiger partial charge in [0.25, 0.3) is 5.91 Å². The molecular weight excluding hydrogens is 326 g/mol. The minimum absolute atomic E-state index is 0.135. The third-order valence-corrected chi connectivity index (χ3v) is 5.75. The molecule has 0 radical (unpaired) electrons. The molecule has 3 rings (SSSR count). The molecule has 0 spiro atoms. The molecule has 1 aliphatic rings. The van der Waals surface area contributed by atoms with E-state index in [1.54, 1.807) is 23.1 Å². The van der Waals surface area contributed by atoms with Gasteiger partial charge in [0.05, 0.1) is 16.3 Å². The first-order valence-electron chi connectivity index (χ1n) is 7.79. The minimum Gasteiger partial charge on any atom is -0.336 e. The summed E-state index contributed by atoms with van der Waals surface area (Å²) in [6, 6.07) is 8.25. The topological polar surface area (TPSA) is 45.2 Å². The zero-order valence-corrected chi connectivity index (χ0v) is 15.0. The number of amides is 1. The van der Waals surface area contributed by atoms with Gasteiger partial charge in [-0.25, -0.2) is 4.98 Å². The van der Waals surface area contributed by atoms with Crippen LogP contribution in [0.15, 0.2) is 34.5 Å². The molecule has 1 aromatic carbocycles. The second kappa shape index (κ2) is 7.47. The lowest BCUT2D eigenvalue weighted by atomic mass is 10.1. The Balaban J connectivity index is 1.73. The Morgan fingerprint density at radius 1 is 1.48 bits per heavy atom. The molecular formula is C17H21N3OS2. The van der Waals surface area contributed by atoms with Crippen LogP contribution in [0.3, 0.4) is 0 Å². The van der Waals surface area contributed by atoms with Gasteiger partial charge in [-0.1, -0.05) is 12.1 Å². The van der Waals surface area contributed by atoms with Crippen LogP contribution in [0.4, 0.5) is 0 Å². The van der Waals surface area contributed by atoms with E-state index in [0.29, 0.717) is 6.04 Å². The van der Waals surface area contributed by atoms with Gasteiger partial charge >= 0.3 is 0 Å². The number of benzene rings is 1. The van der Waals surface area contributed by atoms with Gasteiger partial charge in [0, 0.05) is 41.7 Å². The molecule has 1 unspecified atom stereocenters. The average Bonchev–Trinajstić information content (AvgIpc) is 2.98.